The summed E-state index contributed by atoms with van der Waals surface area (Å²) in [6, 6.07) is 12.2. The van der Waals surface area contributed by atoms with Gasteiger partial charge in [0.1, 0.15) is 0 Å². The standard InChI is InChI=1S/C17H12ClN3O5/c1-10(25-17(22)13-4-2-3-5-14(13)18)15-19-20-16(26-15)11-6-8-12(9-7-11)21(23)24/h2-10H,1H3/t10-/m0/s1. The molecule has 3 rings (SSSR count). The molecule has 0 saturated carbocycles. The zero-order chi connectivity index (χ0) is 18.7. The highest BCUT2D eigenvalue weighted by Crippen LogP contribution is 2.25. The Morgan fingerprint density at radius 3 is 2.54 bits per heavy atom. The molecule has 0 aliphatic heterocycles. The summed E-state index contributed by atoms with van der Waals surface area (Å²) in [6.07, 6.45) is -0.793. The van der Waals surface area contributed by atoms with Gasteiger partial charge in [-0.05, 0) is 31.2 Å². The van der Waals surface area contributed by atoms with Gasteiger partial charge in [-0.25, -0.2) is 4.79 Å². The number of nitro groups is 1. The molecule has 0 N–H and O–H groups in total. The molecule has 0 bridgehead atoms. The highest BCUT2D eigenvalue weighted by molar-refractivity contribution is 6.33. The zero-order valence-corrected chi connectivity index (χ0v) is 14.2. The van der Waals surface area contributed by atoms with Gasteiger partial charge < -0.3 is 9.15 Å². The number of halogens is 1. The smallest absolute Gasteiger partial charge is 0.340 e. The first-order chi connectivity index (χ1) is 12.5. The molecule has 0 aliphatic carbocycles. The number of hydrogen-bond acceptors (Lipinski definition) is 7. The number of nitro benzene ring substituents is 1. The van der Waals surface area contributed by atoms with Crippen LogP contribution in [0.5, 0.6) is 0 Å². The summed E-state index contributed by atoms with van der Waals surface area (Å²) < 4.78 is 10.8. The lowest BCUT2D eigenvalue weighted by atomic mass is 10.2. The van der Waals surface area contributed by atoms with E-state index in [2.05, 4.69) is 10.2 Å². The molecule has 0 fully saturated rings. The molecule has 1 heterocycles. The number of nitrogens with zero attached hydrogens (tertiary/aromatic N) is 3. The van der Waals surface area contributed by atoms with Crippen LogP contribution in [-0.4, -0.2) is 21.1 Å². The van der Waals surface area contributed by atoms with Crippen molar-refractivity contribution in [3.63, 3.8) is 0 Å². The molecular weight excluding hydrogens is 362 g/mol. The first kappa shape index (κ1) is 17.6. The second-order valence-electron chi connectivity index (χ2n) is 5.28. The van der Waals surface area contributed by atoms with Crippen LogP contribution in [0.4, 0.5) is 5.69 Å². The zero-order valence-electron chi connectivity index (χ0n) is 13.5. The van der Waals surface area contributed by atoms with Crippen molar-refractivity contribution in [3.8, 4) is 11.5 Å². The van der Waals surface area contributed by atoms with E-state index in [1.807, 2.05) is 0 Å². The quantitative estimate of drug-likeness (QED) is 0.374. The van der Waals surface area contributed by atoms with Crippen LogP contribution in [0.2, 0.25) is 5.02 Å². The van der Waals surface area contributed by atoms with Gasteiger partial charge in [0.15, 0.2) is 6.10 Å². The van der Waals surface area contributed by atoms with E-state index < -0.39 is 17.0 Å². The Balaban J connectivity index is 1.73. The van der Waals surface area contributed by atoms with Crippen molar-refractivity contribution in [1.82, 2.24) is 10.2 Å². The minimum absolute atomic E-state index is 0.0458. The number of non-ortho nitro benzene ring substituents is 1. The molecule has 2 aromatic carbocycles. The molecule has 0 saturated heterocycles. The van der Waals surface area contributed by atoms with Crippen molar-refractivity contribution in [2.45, 2.75) is 13.0 Å². The SMILES string of the molecule is C[C@H](OC(=O)c1ccccc1Cl)c1nnc(-c2ccc([N+](=O)[O-])cc2)o1. The van der Waals surface area contributed by atoms with Gasteiger partial charge in [0.05, 0.1) is 15.5 Å². The Kier molecular flexibility index (Phi) is 4.94. The topological polar surface area (TPSA) is 108 Å². The lowest BCUT2D eigenvalue weighted by molar-refractivity contribution is -0.384. The summed E-state index contributed by atoms with van der Waals surface area (Å²) in [4.78, 5) is 22.3. The molecule has 1 aromatic heterocycles. The number of carbonyl (C=O) groups is 1. The van der Waals surface area contributed by atoms with Crippen LogP contribution in [0.15, 0.2) is 52.9 Å². The van der Waals surface area contributed by atoms with E-state index >= 15 is 0 Å². The summed E-state index contributed by atoms with van der Waals surface area (Å²) in [5, 5.41) is 18.7. The van der Waals surface area contributed by atoms with Gasteiger partial charge in [-0.2, -0.15) is 0 Å². The predicted molar refractivity (Wildman–Crippen MR) is 91.7 cm³/mol. The van der Waals surface area contributed by atoms with Gasteiger partial charge in [0, 0.05) is 17.7 Å². The third-order valence-electron chi connectivity index (χ3n) is 3.49. The van der Waals surface area contributed by atoms with Gasteiger partial charge >= 0.3 is 5.97 Å². The summed E-state index contributed by atoms with van der Waals surface area (Å²) in [5.41, 5.74) is 0.700. The molecule has 3 aromatic rings. The monoisotopic (exact) mass is 373 g/mol. The fourth-order valence-electron chi connectivity index (χ4n) is 2.14. The molecule has 8 nitrogen and oxygen atoms in total. The summed E-state index contributed by atoms with van der Waals surface area (Å²) >= 11 is 5.97. The lowest BCUT2D eigenvalue weighted by Gasteiger charge is -2.10. The van der Waals surface area contributed by atoms with Crippen LogP contribution in [0.1, 0.15) is 29.3 Å². The fourth-order valence-corrected chi connectivity index (χ4v) is 2.36. The van der Waals surface area contributed by atoms with E-state index in [9.17, 15) is 14.9 Å². The molecule has 9 heteroatoms. The Morgan fingerprint density at radius 1 is 1.19 bits per heavy atom. The number of rotatable bonds is 5. The van der Waals surface area contributed by atoms with E-state index in [0.29, 0.717) is 5.56 Å². The van der Waals surface area contributed by atoms with Crippen LogP contribution >= 0.6 is 11.6 Å². The molecule has 0 unspecified atom stereocenters. The molecule has 26 heavy (non-hydrogen) atoms. The fraction of sp³-hybridized carbons (Fsp3) is 0.118. The number of ether oxygens (including phenoxy) is 1. The molecule has 132 valence electrons. The van der Waals surface area contributed by atoms with Crippen molar-refractivity contribution >= 4 is 23.3 Å². The molecule has 0 radical (unpaired) electrons. The van der Waals surface area contributed by atoms with E-state index in [1.54, 1.807) is 31.2 Å². The van der Waals surface area contributed by atoms with Gasteiger partial charge in [-0.15, -0.1) is 10.2 Å². The number of benzene rings is 2. The van der Waals surface area contributed by atoms with E-state index in [-0.39, 0.29) is 28.1 Å². The first-order valence-electron chi connectivity index (χ1n) is 7.49. The Morgan fingerprint density at radius 2 is 1.88 bits per heavy atom. The molecular formula is C17H12ClN3O5. The van der Waals surface area contributed by atoms with Crippen molar-refractivity contribution in [1.29, 1.82) is 0 Å². The second-order valence-corrected chi connectivity index (χ2v) is 5.68. The van der Waals surface area contributed by atoms with Crippen molar-refractivity contribution in [3.05, 3.63) is 75.1 Å². The number of hydrogen-bond donors (Lipinski definition) is 0. The minimum atomic E-state index is -0.793. The molecule has 1 atom stereocenters. The van der Waals surface area contributed by atoms with Crippen LogP contribution in [-0.2, 0) is 4.74 Å². The van der Waals surface area contributed by atoms with Gasteiger partial charge in [0.2, 0.25) is 5.89 Å². The van der Waals surface area contributed by atoms with Crippen molar-refractivity contribution in [2.24, 2.45) is 0 Å². The summed E-state index contributed by atoms with van der Waals surface area (Å²) in [6.45, 7) is 1.59. The average molecular weight is 374 g/mol. The molecule has 0 amide bonds. The first-order valence-corrected chi connectivity index (χ1v) is 7.87. The summed E-state index contributed by atoms with van der Waals surface area (Å²) in [7, 11) is 0. The Hall–Kier alpha value is -3.26. The van der Waals surface area contributed by atoms with E-state index in [0.717, 1.165) is 0 Å². The maximum Gasteiger partial charge on any atom is 0.340 e. The van der Waals surface area contributed by atoms with Crippen LogP contribution in [0, 0.1) is 10.1 Å². The maximum absolute atomic E-state index is 12.2. The molecule has 0 aliphatic rings. The highest BCUT2D eigenvalue weighted by Gasteiger charge is 2.21. The molecule has 0 spiro atoms. The van der Waals surface area contributed by atoms with Crippen LogP contribution in [0.25, 0.3) is 11.5 Å². The minimum Gasteiger partial charge on any atom is -0.449 e. The normalized spacial score (nSPS) is 11.8. The van der Waals surface area contributed by atoms with Gasteiger partial charge in [0.25, 0.3) is 11.6 Å². The third-order valence-corrected chi connectivity index (χ3v) is 3.82. The highest BCUT2D eigenvalue weighted by atomic mass is 35.5. The Bertz CT molecular complexity index is 955. The van der Waals surface area contributed by atoms with Crippen molar-refractivity contribution < 1.29 is 18.9 Å². The van der Waals surface area contributed by atoms with Crippen LogP contribution in [0.3, 0.4) is 0 Å². The lowest BCUT2D eigenvalue weighted by Crippen LogP contribution is -2.10. The number of carbonyl (C=O) groups excluding carboxylic acids is 1. The number of esters is 1. The summed E-state index contributed by atoms with van der Waals surface area (Å²) in [5.74, 6) is -0.354. The maximum atomic E-state index is 12.2. The second kappa shape index (κ2) is 7.32. The van der Waals surface area contributed by atoms with Crippen molar-refractivity contribution in [2.75, 3.05) is 0 Å². The largest absolute Gasteiger partial charge is 0.449 e. The van der Waals surface area contributed by atoms with Gasteiger partial charge in [-0.3, -0.25) is 10.1 Å². The number of aromatic nitrogens is 2. The predicted octanol–water partition coefficient (Wildman–Crippen LogP) is 4.22. The van der Waals surface area contributed by atoms with E-state index in [4.69, 9.17) is 20.8 Å². The Labute approximate surface area is 152 Å². The van der Waals surface area contributed by atoms with E-state index in [1.165, 1.54) is 24.3 Å². The third kappa shape index (κ3) is 3.70. The van der Waals surface area contributed by atoms with Gasteiger partial charge in [-0.1, -0.05) is 23.7 Å². The average Bonchev–Trinajstić information content (AvgIpc) is 3.12. The van der Waals surface area contributed by atoms with Crippen LogP contribution < -0.4 is 0 Å².